The minimum atomic E-state index is -0.808. The summed E-state index contributed by atoms with van der Waals surface area (Å²) in [5.41, 5.74) is 0. The molecule has 1 radical (unpaired) electrons. The second kappa shape index (κ2) is 14.4. The number of aliphatic carboxylic acids is 1. The van der Waals surface area contributed by atoms with Crippen LogP contribution < -0.4 is 0 Å². The van der Waals surface area contributed by atoms with Crippen molar-refractivity contribution in [2.45, 2.75) is 58.3 Å². The van der Waals surface area contributed by atoms with Crippen molar-refractivity contribution in [3.63, 3.8) is 0 Å². The van der Waals surface area contributed by atoms with E-state index in [0.29, 0.717) is 17.6 Å². The van der Waals surface area contributed by atoms with Crippen LogP contribution in [-0.2, 0) is 4.79 Å². The molecular formula is C16H32N2NaO4. The molecule has 131 valence electrons. The van der Waals surface area contributed by atoms with Crippen LogP contribution in [0.2, 0.25) is 0 Å². The van der Waals surface area contributed by atoms with Gasteiger partial charge >= 0.3 is 5.97 Å². The van der Waals surface area contributed by atoms with E-state index in [9.17, 15) is 9.90 Å². The molecule has 0 amide bonds. The van der Waals surface area contributed by atoms with E-state index < -0.39 is 5.97 Å². The molecule has 0 aliphatic carbocycles. The smallest absolute Gasteiger partial charge is 0.359 e. The predicted molar refractivity (Wildman–Crippen MR) is 92.2 cm³/mol. The number of aliphatic hydroxyl groups excluding tert-OH is 1. The largest absolute Gasteiger partial charge is 0.870 e. The monoisotopic (exact) mass is 339 g/mol. The molecule has 1 unspecified atom stereocenters. The number of carboxylic acids is 1. The molecular weight excluding hydrogens is 307 g/mol. The maximum Gasteiger partial charge on any atom is 0.359 e. The summed E-state index contributed by atoms with van der Waals surface area (Å²) in [4.78, 5) is 15.6. The Bertz CT molecular complexity index is 353. The van der Waals surface area contributed by atoms with Gasteiger partial charge in [0.25, 0.3) is 0 Å². The van der Waals surface area contributed by atoms with E-state index in [0.717, 1.165) is 25.2 Å². The number of aliphatic imine (C=N–C) groups is 1. The van der Waals surface area contributed by atoms with Gasteiger partial charge in [-0.2, -0.15) is 0 Å². The molecule has 0 saturated carbocycles. The van der Waals surface area contributed by atoms with E-state index >= 15 is 0 Å². The van der Waals surface area contributed by atoms with Crippen molar-refractivity contribution in [3.8, 4) is 0 Å². The summed E-state index contributed by atoms with van der Waals surface area (Å²) >= 11 is 0. The number of amidine groups is 1. The molecule has 1 aliphatic heterocycles. The number of quaternary nitrogens is 1. The van der Waals surface area contributed by atoms with Crippen molar-refractivity contribution in [1.29, 1.82) is 0 Å². The number of aliphatic hydroxyl groups is 1. The summed E-state index contributed by atoms with van der Waals surface area (Å²) < 4.78 is 0.363. The van der Waals surface area contributed by atoms with Crippen molar-refractivity contribution in [2.24, 2.45) is 4.99 Å². The van der Waals surface area contributed by atoms with Crippen molar-refractivity contribution in [1.82, 2.24) is 0 Å². The first-order valence-corrected chi connectivity index (χ1v) is 8.37. The standard InChI is InChI=1S/C16H30N2O3.Na.H2O/c1-2-3-4-5-6-7-8-9-15-17-10-11-18(15,12-13-19)14-16(20)21;;/h19H,2-14H2,1H3;;1H2. The second-order valence-corrected chi connectivity index (χ2v) is 6.04. The number of rotatable bonds is 12. The number of hydrogen-bond acceptors (Lipinski definition) is 4. The van der Waals surface area contributed by atoms with E-state index in [1.807, 2.05) is 0 Å². The topological polar surface area (TPSA) is 99.9 Å². The molecule has 23 heavy (non-hydrogen) atoms. The van der Waals surface area contributed by atoms with Crippen molar-refractivity contribution < 1.29 is 25.0 Å². The van der Waals surface area contributed by atoms with Gasteiger partial charge in [-0.25, -0.2) is 9.79 Å². The zero-order chi connectivity index (χ0) is 15.6. The summed E-state index contributed by atoms with van der Waals surface area (Å²) in [6, 6.07) is 0. The summed E-state index contributed by atoms with van der Waals surface area (Å²) in [6.07, 6.45) is 9.61. The van der Waals surface area contributed by atoms with Gasteiger partial charge in [-0.05, 0) is 6.42 Å². The summed E-state index contributed by atoms with van der Waals surface area (Å²) in [5, 5.41) is 18.4. The zero-order valence-corrected chi connectivity index (χ0v) is 16.8. The molecule has 6 nitrogen and oxygen atoms in total. The Labute approximate surface area is 162 Å². The Hall–Kier alpha value is 0.0200. The van der Waals surface area contributed by atoms with Gasteiger partial charge in [0, 0.05) is 36.0 Å². The molecule has 0 fully saturated rings. The van der Waals surface area contributed by atoms with Gasteiger partial charge in [-0.3, -0.25) is 4.48 Å². The van der Waals surface area contributed by atoms with E-state index in [4.69, 9.17) is 5.11 Å². The van der Waals surface area contributed by atoms with Crippen LogP contribution in [0.3, 0.4) is 0 Å². The van der Waals surface area contributed by atoms with Gasteiger partial charge < -0.3 is 15.7 Å². The van der Waals surface area contributed by atoms with Crippen molar-refractivity contribution >= 4 is 41.4 Å². The molecule has 7 heteroatoms. The van der Waals surface area contributed by atoms with Gasteiger partial charge in [0.05, 0.1) is 13.2 Å². The first-order valence-electron chi connectivity index (χ1n) is 8.37. The Morgan fingerprint density at radius 1 is 1.17 bits per heavy atom. The summed E-state index contributed by atoms with van der Waals surface area (Å²) in [6.45, 7) is 4.18. The third-order valence-corrected chi connectivity index (χ3v) is 4.34. The third kappa shape index (κ3) is 9.17. The maximum atomic E-state index is 11.1. The van der Waals surface area contributed by atoms with Crippen LogP contribution in [0.15, 0.2) is 4.99 Å². The van der Waals surface area contributed by atoms with Crippen LogP contribution in [0.5, 0.6) is 0 Å². The molecule has 3 N–H and O–H groups in total. The number of unbranched alkanes of at least 4 members (excludes halogenated alkanes) is 6. The minimum Gasteiger partial charge on any atom is -0.870 e. The molecule has 1 heterocycles. The zero-order valence-electron chi connectivity index (χ0n) is 14.8. The summed E-state index contributed by atoms with van der Waals surface area (Å²) in [5.74, 6) is 0.178. The van der Waals surface area contributed by atoms with E-state index in [1.54, 1.807) is 0 Å². The number of carboxylic acid groups (broad SMARTS) is 1. The van der Waals surface area contributed by atoms with Gasteiger partial charge in [-0.1, -0.05) is 45.4 Å². The summed E-state index contributed by atoms with van der Waals surface area (Å²) in [7, 11) is 0. The fourth-order valence-electron chi connectivity index (χ4n) is 3.15. The van der Waals surface area contributed by atoms with Crippen LogP contribution in [0.1, 0.15) is 58.3 Å². The second-order valence-electron chi connectivity index (χ2n) is 6.04. The maximum absolute atomic E-state index is 11.1. The van der Waals surface area contributed by atoms with E-state index in [1.165, 1.54) is 38.5 Å². The van der Waals surface area contributed by atoms with Crippen LogP contribution in [0.4, 0.5) is 0 Å². The van der Waals surface area contributed by atoms with Crippen LogP contribution in [0.25, 0.3) is 0 Å². The number of nitrogens with zero attached hydrogens (tertiary/aromatic N) is 2. The molecule has 0 bridgehead atoms. The van der Waals surface area contributed by atoms with Gasteiger partial charge in [0.15, 0.2) is 12.4 Å². The van der Waals surface area contributed by atoms with Crippen molar-refractivity contribution in [2.75, 3.05) is 32.8 Å². The Balaban J connectivity index is 0. The van der Waals surface area contributed by atoms with Gasteiger partial charge in [-0.15, -0.1) is 0 Å². The number of carbonyl (C=O) groups is 1. The quantitative estimate of drug-likeness (QED) is 0.322. The fraction of sp³-hybridized carbons (Fsp3) is 0.875. The normalized spacial score (nSPS) is 19.7. The first kappa shape index (κ1) is 25.3. The molecule has 1 atom stereocenters. The Morgan fingerprint density at radius 3 is 2.35 bits per heavy atom. The molecule has 0 aromatic heterocycles. The predicted octanol–water partition coefficient (Wildman–Crippen LogP) is 1.88. The Kier molecular flexibility index (Phi) is 15.8. The molecule has 0 aromatic carbocycles. The van der Waals surface area contributed by atoms with E-state index in [-0.39, 0.29) is 48.2 Å². The van der Waals surface area contributed by atoms with Crippen LogP contribution in [-0.4, -0.2) is 94.3 Å². The third-order valence-electron chi connectivity index (χ3n) is 4.34. The Morgan fingerprint density at radius 2 is 1.78 bits per heavy atom. The van der Waals surface area contributed by atoms with Crippen molar-refractivity contribution in [3.05, 3.63) is 0 Å². The van der Waals surface area contributed by atoms with Gasteiger partial charge in [0.1, 0.15) is 13.1 Å². The average Bonchev–Trinajstić information content (AvgIpc) is 2.80. The molecule has 0 spiro atoms. The van der Waals surface area contributed by atoms with E-state index in [2.05, 4.69) is 11.9 Å². The average molecular weight is 339 g/mol. The minimum absolute atomic E-state index is 0. The van der Waals surface area contributed by atoms with Crippen LogP contribution >= 0.6 is 0 Å². The fourth-order valence-corrected chi connectivity index (χ4v) is 3.15. The first-order chi connectivity index (χ1) is 10.1. The SMILES string of the molecule is CCCCCCCCCC1=NCC[N+]1(CCO)CC(=O)O.[Na].[OH-]. The molecule has 0 saturated heterocycles. The molecule has 1 rings (SSSR count). The van der Waals surface area contributed by atoms with Gasteiger partial charge in [0.2, 0.25) is 0 Å². The van der Waals surface area contributed by atoms with Crippen LogP contribution in [0, 0.1) is 0 Å². The molecule has 0 aromatic rings. The molecule has 1 aliphatic rings. The number of hydrogen-bond donors (Lipinski definition) is 2.